The van der Waals surface area contributed by atoms with Crippen molar-refractivity contribution in [2.75, 3.05) is 7.05 Å². The fourth-order valence-corrected chi connectivity index (χ4v) is 2.13. The third-order valence-electron chi connectivity index (χ3n) is 2.98. The van der Waals surface area contributed by atoms with Crippen LogP contribution in [0.2, 0.25) is 5.02 Å². The van der Waals surface area contributed by atoms with Crippen molar-refractivity contribution in [1.82, 2.24) is 10.3 Å². The second-order valence-electron chi connectivity index (χ2n) is 4.44. The Bertz CT molecular complexity index is 508. The predicted molar refractivity (Wildman–Crippen MR) is 75.9 cm³/mol. The van der Waals surface area contributed by atoms with Gasteiger partial charge in [0.1, 0.15) is 0 Å². The average molecular weight is 261 g/mol. The van der Waals surface area contributed by atoms with Gasteiger partial charge >= 0.3 is 0 Å². The number of hydrogen-bond donors (Lipinski definition) is 1. The molecule has 0 bridgehead atoms. The van der Waals surface area contributed by atoms with E-state index in [2.05, 4.69) is 41.5 Å². The highest BCUT2D eigenvalue weighted by molar-refractivity contribution is 6.30. The molecule has 0 fully saturated rings. The Kier molecular flexibility index (Phi) is 4.34. The van der Waals surface area contributed by atoms with Gasteiger partial charge in [-0.15, -0.1) is 0 Å². The molecule has 18 heavy (non-hydrogen) atoms. The molecule has 0 saturated carbocycles. The van der Waals surface area contributed by atoms with Crippen LogP contribution in [0.5, 0.6) is 0 Å². The van der Waals surface area contributed by atoms with E-state index in [1.165, 1.54) is 11.1 Å². The van der Waals surface area contributed by atoms with E-state index < -0.39 is 0 Å². The lowest BCUT2D eigenvalue weighted by molar-refractivity contribution is 0.576. The second kappa shape index (κ2) is 5.98. The van der Waals surface area contributed by atoms with Crippen molar-refractivity contribution >= 4 is 11.6 Å². The monoisotopic (exact) mass is 260 g/mol. The van der Waals surface area contributed by atoms with Gasteiger partial charge < -0.3 is 5.32 Å². The van der Waals surface area contributed by atoms with Crippen molar-refractivity contribution in [3.05, 3.63) is 64.4 Å². The summed E-state index contributed by atoms with van der Waals surface area (Å²) in [6.45, 7) is 2.11. The summed E-state index contributed by atoms with van der Waals surface area (Å²) in [6, 6.07) is 12.6. The molecule has 0 spiro atoms. The molecule has 0 saturated heterocycles. The molecule has 94 valence electrons. The Labute approximate surface area is 113 Å². The summed E-state index contributed by atoms with van der Waals surface area (Å²) in [6.07, 6.45) is 2.62. The Balaban J connectivity index is 2.17. The van der Waals surface area contributed by atoms with Crippen LogP contribution in [0.25, 0.3) is 0 Å². The number of nitrogens with one attached hydrogen (secondary N) is 1. The topological polar surface area (TPSA) is 24.9 Å². The molecule has 1 heterocycles. The molecule has 0 aliphatic heterocycles. The van der Waals surface area contributed by atoms with E-state index in [1.807, 2.05) is 19.2 Å². The third kappa shape index (κ3) is 3.31. The summed E-state index contributed by atoms with van der Waals surface area (Å²) in [5.74, 6) is 0. The number of aryl methyl sites for hydroxylation is 1. The van der Waals surface area contributed by atoms with E-state index in [1.54, 1.807) is 6.20 Å². The van der Waals surface area contributed by atoms with Gasteiger partial charge in [-0.2, -0.15) is 0 Å². The molecule has 0 amide bonds. The van der Waals surface area contributed by atoms with Crippen LogP contribution in [0.4, 0.5) is 0 Å². The molecule has 0 aliphatic carbocycles. The van der Waals surface area contributed by atoms with Crippen molar-refractivity contribution in [1.29, 1.82) is 0 Å². The minimum Gasteiger partial charge on any atom is -0.311 e. The van der Waals surface area contributed by atoms with Crippen LogP contribution in [0.15, 0.2) is 42.6 Å². The first-order chi connectivity index (χ1) is 8.69. The van der Waals surface area contributed by atoms with Crippen molar-refractivity contribution in [2.24, 2.45) is 0 Å². The zero-order valence-corrected chi connectivity index (χ0v) is 11.4. The Morgan fingerprint density at radius 2 is 2.11 bits per heavy atom. The maximum Gasteiger partial charge on any atom is 0.0589 e. The van der Waals surface area contributed by atoms with Crippen molar-refractivity contribution in [3.63, 3.8) is 0 Å². The Morgan fingerprint density at radius 3 is 2.72 bits per heavy atom. The normalized spacial score (nSPS) is 12.4. The first-order valence-electron chi connectivity index (χ1n) is 6.03. The van der Waals surface area contributed by atoms with Crippen molar-refractivity contribution in [2.45, 2.75) is 19.4 Å². The lowest BCUT2D eigenvalue weighted by Gasteiger charge is -2.16. The quantitative estimate of drug-likeness (QED) is 0.910. The molecule has 0 radical (unpaired) electrons. The number of nitrogens with zero attached hydrogens (tertiary/aromatic N) is 1. The average Bonchev–Trinajstić information content (AvgIpc) is 2.37. The fourth-order valence-electron chi connectivity index (χ4n) is 2.02. The van der Waals surface area contributed by atoms with Gasteiger partial charge in [0.2, 0.25) is 0 Å². The number of pyridine rings is 1. The van der Waals surface area contributed by atoms with Crippen LogP contribution in [-0.4, -0.2) is 12.0 Å². The number of halogens is 1. The molecule has 2 nitrogen and oxygen atoms in total. The van der Waals surface area contributed by atoms with E-state index in [-0.39, 0.29) is 6.04 Å². The Morgan fingerprint density at radius 1 is 1.28 bits per heavy atom. The Hall–Kier alpha value is -1.38. The predicted octanol–water partition coefficient (Wildman–Crippen LogP) is 3.55. The standard InChI is InChI=1S/C15H17ClN2/c1-11-4-3-5-12(8-11)9-15(17-2)14-7-6-13(16)10-18-14/h3-8,10,15,17H,9H2,1-2H3. The van der Waals surface area contributed by atoms with Gasteiger partial charge in [0, 0.05) is 6.20 Å². The molecular formula is C15H17ClN2. The first kappa shape index (κ1) is 13.1. The molecule has 2 rings (SSSR count). The molecule has 1 aromatic carbocycles. The molecule has 3 heteroatoms. The van der Waals surface area contributed by atoms with E-state index in [0.29, 0.717) is 5.02 Å². The van der Waals surface area contributed by atoms with Crippen LogP contribution in [0.3, 0.4) is 0 Å². The maximum atomic E-state index is 5.86. The summed E-state index contributed by atoms with van der Waals surface area (Å²) < 4.78 is 0. The minimum absolute atomic E-state index is 0.212. The molecule has 1 unspecified atom stereocenters. The molecule has 1 N–H and O–H groups in total. The van der Waals surface area contributed by atoms with Crippen LogP contribution in [0.1, 0.15) is 22.9 Å². The number of hydrogen-bond acceptors (Lipinski definition) is 2. The summed E-state index contributed by atoms with van der Waals surface area (Å²) in [4.78, 5) is 4.37. The minimum atomic E-state index is 0.212. The lowest BCUT2D eigenvalue weighted by atomic mass is 10.0. The zero-order valence-electron chi connectivity index (χ0n) is 10.7. The van der Waals surface area contributed by atoms with Crippen LogP contribution in [0, 0.1) is 6.92 Å². The smallest absolute Gasteiger partial charge is 0.0589 e. The van der Waals surface area contributed by atoms with E-state index in [9.17, 15) is 0 Å². The van der Waals surface area contributed by atoms with Gasteiger partial charge in [0.25, 0.3) is 0 Å². The summed E-state index contributed by atoms with van der Waals surface area (Å²) in [5, 5.41) is 3.97. The maximum absolute atomic E-state index is 5.86. The molecule has 2 aromatic rings. The number of aromatic nitrogens is 1. The summed E-state index contributed by atoms with van der Waals surface area (Å²) >= 11 is 5.86. The van der Waals surface area contributed by atoms with E-state index >= 15 is 0 Å². The number of rotatable bonds is 4. The largest absolute Gasteiger partial charge is 0.311 e. The molecule has 1 atom stereocenters. The number of likely N-dealkylation sites (N-methyl/N-ethyl adjacent to an activating group) is 1. The zero-order chi connectivity index (χ0) is 13.0. The molecular weight excluding hydrogens is 244 g/mol. The summed E-state index contributed by atoms with van der Waals surface area (Å²) in [5.41, 5.74) is 3.61. The van der Waals surface area contributed by atoms with Crippen molar-refractivity contribution < 1.29 is 0 Å². The molecule has 0 aliphatic rings. The highest BCUT2D eigenvalue weighted by atomic mass is 35.5. The fraction of sp³-hybridized carbons (Fsp3) is 0.267. The summed E-state index contributed by atoms with van der Waals surface area (Å²) in [7, 11) is 1.96. The SMILES string of the molecule is CNC(Cc1cccc(C)c1)c1ccc(Cl)cn1. The molecule has 1 aromatic heterocycles. The van der Waals surface area contributed by atoms with Crippen LogP contribution >= 0.6 is 11.6 Å². The van der Waals surface area contributed by atoms with Gasteiger partial charge in [-0.3, -0.25) is 4.98 Å². The van der Waals surface area contributed by atoms with E-state index in [0.717, 1.165) is 12.1 Å². The van der Waals surface area contributed by atoms with Gasteiger partial charge in [0.15, 0.2) is 0 Å². The van der Waals surface area contributed by atoms with Crippen LogP contribution < -0.4 is 5.32 Å². The van der Waals surface area contributed by atoms with Gasteiger partial charge in [-0.05, 0) is 38.1 Å². The van der Waals surface area contributed by atoms with Crippen LogP contribution in [-0.2, 0) is 6.42 Å². The first-order valence-corrected chi connectivity index (χ1v) is 6.41. The highest BCUT2D eigenvalue weighted by Gasteiger charge is 2.11. The highest BCUT2D eigenvalue weighted by Crippen LogP contribution is 2.18. The van der Waals surface area contributed by atoms with Gasteiger partial charge in [-0.25, -0.2) is 0 Å². The lowest BCUT2D eigenvalue weighted by Crippen LogP contribution is -2.19. The second-order valence-corrected chi connectivity index (χ2v) is 4.87. The van der Waals surface area contributed by atoms with Gasteiger partial charge in [0.05, 0.1) is 16.8 Å². The van der Waals surface area contributed by atoms with E-state index in [4.69, 9.17) is 11.6 Å². The number of benzene rings is 1. The van der Waals surface area contributed by atoms with Gasteiger partial charge in [-0.1, -0.05) is 41.4 Å². The third-order valence-corrected chi connectivity index (χ3v) is 3.20. The van der Waals surface area contributed by atoms with Crippen molar-refractivity contribution in [3.8, 4) is 0 Å².